The van der Waals surface area contributed by atoms with Gasteiger partial charge in [0, 0.05) is 0 Å². The standard InChI is InChI=1S/C13H8ClF4NO2S/c14-11-7-9(15)3-6-12(11)19-22(20,21)10-4-1-8(2-5-10)13(16,17)18/h1-7,19H. The van der Waals surface area contributed by atoms with E-state index in [1.54, 1.807) is 0 Å². The van der Waals surface area contributed by atoms with E-state index in [0.29, 0.717) is 12.1 Å². The Balaban J connectivity index is 2.31. The maximum absolute atomic E-state index is 12.9. The maximum Gasteiger partial charge on any atom is 0.416 e. The second-order valence-electron chi connectivity index (χ2n) is 4.25. The Kier molecular flexibility index (Phi) is 4.35. The summed E-state index contributed by atoms with van der Waals surface area (Å²) < 4.78 is 76.4. The van der Waals surface area contributed by atoms with Crippen LogP contribution in [0.1, 0.15) is 5.56 Å². The summed E-state index contributed by atoms with van der Waals surface area (Å²) in [6.07, 6.45) is -4.56. The van der Waals surface area contributed by atoms with Gasteiger partial charge in [0.15, 0.2) is 0 Å². The van der Waals surface area contributed by atoms with E-state index in [1.165, 1.54) is 0 Å². The topological polar surface area (TPSA) is 46.2 Å². The van der Waals surface area contributed by atoms with Crippen LogP contribution in [0, 0.1) is 5.82 Å². The summed E-state index contributed by atoms with van der Waals surface area (Å²) >= 11 is 5.69. The molecule has 0 heterocycles. The molecule has 0 saturated heterocycles. The summed E-state index contributed by atoms with van der Waals surface area (Å²) in [4.78, 5) is -0.374. The average Bonchev–Trinajstić information content (AvgIpc) is 2.41. The molecule has 0 saturated carbocycles. The molecule has 2 aromatic rings. The molecular weight excluding hydrogens is 346 g/mol. The number of hydrogen-bond acceptors (Lipinski definition) is 2. The number of hydrogen-bond donors (Lipinski definition) is 1. The average molecular weight is 354 g/mol. The van der Waals surface area contributed by atoms with Gasteiger partial charge in [-0.15, -0.1) is 0 Å². The van der Waals surface area contributed by atoms with E-state index in [0.717, 1.165) is 30.3 Å². The van der Waals surface area contributed by atoms with E-state index in [1.807, 2.05) is 0 Å². The van der Waals surface area contributed by atoms with Gasteiger partial charge in [-0.05, 0) is 42.5 Å². The molecule has 0 spiro atoms. The molecule has 9 heteroatoms. The Hall–Kier alpha value is -1.80. The van der Waals surface area contributed by atoms with Gasteiger partial charge in [0.25, 0.3) is 10.0 Å². The molecule has 0 amide bonds. The van der Waals surface area contributed by atoms with Crippen molar-refractivity contribution < 1.29 is 26.0 Å². The van der Waals surface area contributed by atoms with Crippen LogP contribution in [0.2, 0.25) is 5.02 Å². The van der Waals surface area contributed by atoms with Crippen LogP contribution >= 0.6 is 11.6 Å². The van der Waals surface area contributed by atoms with Crippen LogP contribution in [0.5, 0.6) is 0 Å². The van der Waals surface area contributed by atoms with Crippen LogP contribution in [0.4, 0.5) is 23.2 Å². The summed E-state index contributed by atoms with van der Waals surface area (Å²) in [7, 11) is -4.14. The Morgan fingerprint density at radius 2 is 1.59 bits per heavy atom. The van der Waals surface area contributed by atoms with Crippen LogP contribution < -0.4 is 4.72 Å². The zero-order valence-corrected chi connectivity index (χ0v) is 12.2. The number of benzene rings is 2. The lowest BCUT2D eigenvalue weighted by atomic mass is 10.2. The van der Waals surface area contributed by atoms with Gasteiger partial charge in [-0.25, -0.2) is 12.8 Å². The van der Waals surface area contributed by atoms with Gasteiger partial charge in [-0.2, -0.15) is 13.2 Å². The van der Waals surface area contributed by atoms with E-state index in [2.05, 4.69) is 4.72 Å². The van der Waals surface area contributed by atoms with Crippen molar-refractivity contribution in [3.05, 3.63) is 58.9 Å². The van der Waals surface area contributed by atoms with Crippen LogP contribution in [0.15, 0.2) is 47.4 Å². The quantitative estimate of drug-likeness (QED) is 0.836. The second kappa shape index (κ2) is 5.77. The third-order valence-electron chi connectivity index (χ3n) is 2.67. The largest absolute Gasteiger partial charge is 0.416 e. The molecule has 0 fully saturated rings. The van der Waals surface area contributed by atoms with E-state index < -0.39 is 27.6 Å². The third kappa shape index (κ3) is 3.69. The minimum absolute atomic E-state index is 0.0806. The van der Waals surface area contributed by atoms with Gasteiger partial charge in [0.1, 0.15) is 5.82 Å². The fraction of sp³-hybridized carbons (Fsp3) is 0.0769. The van der Waals surface area contributed by atoms with Crippen molar-refractivity contribution in [2.75, 3.05) is 4.72 Å². The Bertz CT molecular complexity index is 789. The molecule has 0 atom stereocenters. The van der Waals surface area contributed by atoms with Crippen molar-refractivity contribution in [1.29, 1.82) is 0 Å². The van der Waals surface area contributed by atoms with Gasteiger partial charge < -0.3 is 0 Å². The monoisotopic (exact) mass is 353 g/mol. The Morgan fingerprint density at radius 1 is 1.00 bits per heavy atom. The van der Waals surface area contributed by atoms with Crippen LogP contribution in [0.25, 0.3) is 0 Å². The highest BCUT2D eigenvalue weighted by Crippen LogP contribution is 2.30. The second-order valence-corrected chi connectivity index (χ2v) is 6.34. The van der Waals surface area contributed by atoms with Crippen molar-refractivity contribution in [2.45, 2.75) is 11.1 Å². The summed E-state index contributed by atoms with van der Waals surface area (Å²) in [6, 6.07) is 5.97. The Morgan fingerprint density at radius 3 is 2.09 bits per heavy atom. The minimum Gasteiger partial charge on any atom is -0.278 e. The highest BCUT2D eigenvalue weighted by Gasteiger charge is 2.30. The summed E-state index contributed by atoms with van der Waals surface area (Å²) in [6.45, 7) is 0. The van der Waals surface area contributed by atoms with Gasteiger partial charge in [-0.3, -0.25) is 4.72 Å². The molecule has 2 rings (SSSR count). The normalized spacial score (nSPS) is 12.2. The van der Waals surface area contributed by atoms with Crippen molar-refractivity contribution in [1.82, 2.24) is 0 Å². The van der Waals surface area contributed by atoms with E-state index >= 15 is 0 Å². The summed E-state index contributed by atoms with van der Waals surface area (Å²) in [5, 5.41) is -0.171. The van der Waals surface area contributed by atoms with Crippen LogP contribution in [0.3, 0.4) is 0 Å². The zero-order valence-electron chi connectivity index (χ0n) is 10.7. The predicted molar refractivity (Wildman–Crippen MR) is 73.7 cm³/mol. The Labute approximate surface area is 128 Å². The zero-order chi connectivity index (χ0) is 16.5. The fourth-order valence-corrected chi connectivity index (χ4v) is 2.95. The molecule has 22 heavy (non-hydrogen) atoms. The van der Waals surface area contributed by atoms with Gasteiger partial charge >= 0.3 is 6.18 Å². The van der Waals surface area contributed by atoms with E-state index in [9.17, 15) is 26.0 Å². The maximum atomic E-state index is 12.9. The van der Waals surface area contributed by atoms with Crippen molar-refractivity contribution in [3.63, 3.8) is 0 Å². The molecule has 0 radical (unpaired) electrons. The predicted octanol–water partition coefficient (Wildman–Crippen LogP) is 4.30. The third-order valence-corrected chi connectivity index (χ3v) is 4.36. The molecule has 118 valence electrons. The van der Waals surface area contributed by atoms with Crippen molar-refractivity contribution >= 4 is 27.3 Å². The molecule has 0 aromatic heterocycles. The molecule has 0 aliphatic carbocycles. The lowest BCUT2D eigenvalue weighted by molar-refractivity contribution is -0.137. The van der Waals surface area contributed by atoms with Crippen molar-refractivity contribution in [2.24, 2.45) is 0 Å². The molecular formula is C13H8ClF4NO2S. The highest BCUT2D eigenvalue weighted by atomic mass is 35.5. The number of rotatable bonds is 3. The first kappa shape index (κ1) is 16.6. The lowest BCUT2D eigenvalue weighted by Gasteiger charge is -2.11. The first-order valence-corrected chi connectivity index (χ1v) is 7.61. The molecule has 3 nitrogen and oxygen atoms in total. The number of anilines is 1. The van der Waals surface area contributed by atoms with E-state index in [4.69, 9.17) is 11.6 Å². The van der Waals surface area contributed by atoms with E-state index in [-0.39, 0.29) is 15.6 Å². The number of alkyl halides is 3. The van der Waals surface area contributed by atoms with Crippen LogP contribution in [-0.2, 0) is 16.2 Å². The molecule has 0 bridgehead atoms. The SMILES string of the molecule is O=S(=O)(Nc1ccc(F)cc1Cl)c1ccc(C(F)(F)F)cc1. The summed E-state index contributed by atoms with van der Waals surface area (Å²) in [5.74, 6) is -0.650. The lowest BCUT2D eigenvalue weighted by Crippen LogP contribution is -2.14. The molecule has 0 aliphatic heterocycles. The minimum atomic E-state index is -4.56. The van der Waals surface area contributed by atoms with Gasteiger partial charge in [0.2, 0.25) is 0 Å². The number of sulfonamides is 1. The first-order valence-electron chi connectivity index (χ1n) is 5.75. The van der Waals surface area contributed by atoms with Crippen LogP contribution in [-0.4, -0.2) is 8.42 Å². The van der Waals surface area contributed by atoms with Gasteiger partial charge in [-0.1, -0.05) is 11.6 Å². The van der Waals surface area contributed by atoms with Gasteiger partial charge in [0.05, 0.1) is 21.2 Å². The highest BCUT2D eigenvalue weighted by molar-refractivity contribution is 7.92. The first-order chi connectivity index (χ1) is 10.1. The molecule has 0 unspecified atom stereocenters. The molecule has 1 N–H and O–H groups in total. The molecule has 0 aliphatic rings. The number of nitrogens with one attached hydrogen (secondary N) is 1. The molecule has 2 aromatic carbocycles. The number of halogens is 5. The van der Waals surface area contributed by atoms with Crippen molar-refractivity contribution in [3.8, 4) is 0 Å². The smallest absolute Gasteiger partial charge is 0.278 e. The fourth-order valence-electron chi connectivity index (χ4n) is 1.60. The summed E-state index contributed by atoms with van der Waals surface area (Å²) in [5.41, 5.74) is -1.05.